The monoisotopic (exact) mass is 406 g/mol. The van der Waals surface area contributed by atoms with Crippen LogP contribution >= 0.6 is 12.4 Å². The number of anilines is 2. The van der Waals surface area contributed by atoms with Crippen molar-refractivity contribution in [2.24, 2.45) is 0 Å². The number of halogens is 1. The molecule has 1 heterocycles. The molecule has 0 amide bonds. The molecule has 0 spiro atoms. The van der Waals surface area contributed by atoms with Gasteiger partial charge in [-0.15, -0.1) is 12.4 Å². The van der Waals surface area contributed by atoms with Crippen LogP contribution in [0.3, 0.4) is 0 Å². The Morgan fingerprint density at radius 3 is 2.37 bits per heavy atom. The molecular formula is C19H23ClN4O2S. The summed E-state index contributed by atoms with van der Waals surface area (Å²) in [4.78, 5) is 6.75. The van der Waals surface area contributed by atoms with E-state index in [1.54, 1.807) is 48.7 Å². The molecule has 0 saturated carbocycles. The van der Waals surface area contributed by atoms with Crippen molar-refractivity contribution in [2.75, 3.05) is 37.2 Å². The summed E-state index contributed by atoms with van der Waals surface area (Å²) in [5.41, 5.74) is 2.12. The average molecular weight is 407 g/mol. The normalized spacial score (nSPS) is 11.2. The summed E-state index contributed by atoms with van der Waals surface area (Å²) in [5.74, 6) is 0. The van der Waals surface area contributed by atoms with Crippen LogP contribution in [-0.4, -0.2) is 45.5 Å². The highest BCUT2D eigenvalue weighted by Gasteiger charge is 2.16. The van der Waals surface area contributed by atoms with Crippen LogP contribution in [0.15, 0.2) is 65.7 Å². The molecule has 0 aliphatic carbocycles. The molecule has 0 saturated heterocycles. The number of hydrogen-bond donors (Lipinski definition) is 2. The van der Waals surface area contributed by atoms with Gasteiger partial charge in [0.2, 0.25) is 0 Å². The zero-order valence-electron chi connectivity index (χ0n) is 15.2. The maximum atomic E-state index is 12.6. The number of sulfonamides is 1. The molecule has 6 nitrogen and oxygen atoms in total. The first-order valence-corrected chi connectivity index (χ1v) is 9.80. The quantitative estimate of drug-likeness (QED) is 0.628. The zero-order chi connectivity index (χ0) is 18.6. The summed E-state index contributed by atoms with van der Waals surface area (Å²) < 4.78 is 27.9. The molecule has 27 heavy (non-hydrogen) atoms. The number of benzene rings is 2. The van der Waals surface area contributed by atoms with Gasteiger partial charge in [0.05, 0.1) is 21.8 Å². The molecule has 2 N–H and O–H groups in total. The SMILES string of the molecule is CN(C)CCNc1ccc(NS(=O)(=O)c2ccccc2)c2cccnc12.Cl. The lowest BCUT2D eigenvalue weighted by molar-refractivity contribution is 0.425. The molecular weight excluding hydrogens is 384 g/mol. The van der Waals surface area contributed by atoms with Gasteiger partial charge in [-0.3, -0.25) is 9.71 Å². The van der Waals surface area contributed by atoms with Crippen molar-refractivity contribution in [1.29, 1.82) is 0 Å². The summed E-state index contributed by atoms with van der Waals surface area (Å²) in [5, 5.41) is 4.11. The predicted octanol–water partition coefficient (Wildman–Crippen LogP) is 3.43. The van der Waals surface area contributed by atoms with Gasteiger partial charge in [-0.1, -0.05) is 18.2 Å². The second-order valence-corrected chi connectivity index (χ2v) is 7.89. The van der Waals surface area contributed by atoms with Gasteiger partial charge < -0.3 is 10.2 Å². The van der Waals surface area contributed by atoms with E-state index in [0.29, 0.717) is 5.69 Å². The number of pyridine rings is 1. The molecule has 3 aromatic rings. The van der Waals surface area contributed by atoms with Gasteiger partial charge in [0.15, 0.2) is 0 Å². The summed E-state index contributed by atoms with van der Waals surface area (Å²) in [7, 11) is 0.376. The van der Waals surface area contributed by atoms with Crippen molar-refractivity contribution in [1.82, 2.24) is 9.88 Å². The molecule has 2 aromatic carbocycles. The minimum Gasteiger partial charge on any atom is -0.382 e. The van der Waals surface area contributed by atoms with Crippen LogP contribution in [0, 0.1) is 0 Å². The summed E-state index contributed by atoms with van der Waals surface area (Å²) in [6.45, 7) is 1.66. The lowest BCUT2D eigenvalue weighted by Crippen LogP contribution is -2.21. The molecule has 0 aliphatic rings. The van der Waals surface area contributed by atoms with Crippen LogP contribution in [0.25, 0.3) is 10.9 Å². The Hall–Kier alpha value is -2.35. The first-order valence-electron chi connectivity index (χ1n) is 8.31. The highest BCUT2D eigenvalue weighted by molar-refractivity contribution is 7.92. The molecule has 0 fully saturated rings. The van der Waals surface area contributed by atoms with E-state index in [0.717, 1.165) is 29.7 Å². The van der Waals surface area contributed by atoms with Crippen molar-refractivity contribution in [3.05, 3.63) is 60.8 Å². The van der Waals surface area contributed by atoms with Gasteiger partial charge in [-0.25, -0.2) is 8.42 Å². The fraction of sp³-hybridized carbons (Fsp3) is 0.211. The van der Waals surface area contributed by atoms with Crippen LogP contribution in [0.1, 0.15) is 0 Å². The molecule has 3 rings (SSSR count). The summed E-state index contributed by atoms with van der Waals surface area (Å²) in [6, 6.07) is 15.6. The third-order valence-electron chi connectivity index (χ3n) is 3.94. The third kappa shape index (κ3) is 5.09. The Bertz CT molecular complexity index is 995. The highest BCUT2D eigenvalue weighted by Crippen LogP contribution is 2.29. The van der Waals surface area contributed by atoms with Gasteiger partial charge >= 0.3 is 0 Å². The molecule has 0 atom stereocenters. The van der Waals surface area contributed by atoms with Crippen molar-refractivity contribution in [3.63, 3.8) is 0 Å². The Morgan fingerprint density at radius 2 is 1.67 bits per heavy atom. The van der Waals surface area contributed by atoms with E-state index in [-0.39, 0.29) is 17.3 Å². The van der Waals surface area contributed by atoms with Crippen LogP contribution in [0.4, 0.5) is 11.4 Å². The van der Waals surface area contributed by atoms with E-state index in [1.807, 2.05) is 26.2 Å². The number of fused-ring (bicyclic) bond motifs is 1. The predicted molar refractivity (Wildman–Crippen MR) is 113 cm³/mol. The van der Waals surface area contributed by atoms with E-state index >= 15 is 0 Å². The van der Waals surface area contributed by atoms with Crippen molar-refractivity contribution in [2.45, 2.75) is 4.90 Å². The second-order valence-electron chi connectivity index (χ2n) is 6.21. The van der Waals surface area contributed by atoms with Crippen LogP contribution in [-0.2, 0) is 10.0 Å². The van der Waals surface area contributed by atoms with Crippen molar-refractivity contribution >= 4 is 44.7 Å². The number of likely N-dealkylation sites (N-methyl/N-ethyl adjacent to an activating group) is 1. The zero-order valence-corrected chi connectivity index (χ0v) is 16.8. The minimum atomic E-state index is -3.65. The standard InChI is InChI=1S/C19H22N4O2S.ClH/c1-23(2)14-13-20-18-11-10-17(16-9-6-12-21-19(16)18)22-26(24,25)15-7-4-3-5-8-15;/h3-12,20,22H,13-14H2,1-2H3;1H. The Labute approximate surface area is 166 Å². The van der Waals surface area contributed by atoms with E-state index in [4.69, 9.17) is 0 Å². The minimum absolute atomic E-state index is 0. The fourth-order valence-corrected chi connectivity index (χ4v) is 3.72. The Balaban J connectivity index is 0.00000261. The van der Waals surface area contributed by atoms with Crippen molar-refractivity contribution in [3.8, 4) is 0 Å². The third-order valence-corrected chi connectivity index (χ3v) is 5.32. The lowest BCUT2D eigenvalue weighted by atomic mass is 10.1. The maximum absolute atomic E-state index is 12.6. The van der Waals surface area contributed by atoms with Crippen LogP contribution in [0.2, 0.25) is 0 Å². The molecule has 144 valence electrons. The van der Waals surface area contributed by atoms with Crippen LogP contribution in [0.5, 0.6) is 0 Å². The molecule has 8 heteroatoms. The van der Waals surface area contributed by atoms with Gasteiger partial charge in [-0.2, -0.15) is 0 Å². The smallest absolute Gasteiger partial charge is 0.261 e. The molecule has 1 aromatic heterocycles. The first-order chi connectivity index (χ1) is 12.5. The molecule has 0 radical (unpaired) electrons. The first kappa shape index (κ1) is 21.0. The van der Waals surface area contributed by atoms with Gasteiger partial charge in [-0.05, 0) is 50.5 Å². The van der Waals surface area contributed by atoms with E-state index in [9.17, 15) is 8.42 Å². The van der Waals surface area contributed by atoms with E-state index < -0.39 is 10.0 Å². The van der Waals surface area contributed by atoms with Crippen LogP contribution < -0.4 is 10.0 Å². The number of hydrogen-bond acceptors (Lipinski definition) is 5. The lowest BCUT2D eigenvalue weighted by Gasteiger charge is -2.15. The average Bonchev–Trinajstić information content (AvgIpc) is 2.64. The number of nitrogens with zero attached hydrogens (tertiary/aromatic N) is 2. The fourth-order valence-electron chi connectivity index (χ4n) is 2.62. The Kier molecular flexibility index (Phi) is 7.01. The van der Waals surface area contributed by atoms with Crippen molar-refractivity contribution < 1.29 is 8.42 Å². The second kappa shape index (κ2) is 9.03. The van der Waals surface area contributed by atoms with E-state index in [1.165, 1.54) is 0 Å². The van der Waals surface area contributed by atoms with Gasteiger partial charge in [0, 0.05) is 24.7 Å². The maximum Gasteiger partial charge on any atom is 0.261 e. The number of aromatic nitrogens is 1. The summed E-state index contributed by atoms with van der Waals surface area (Å²) >= 11 is 0. The Morgan fingerprint density at radius 1 is 0.963 bits per heavy atom. The summed E-state index contributed by atoms with van der Waals surface area (Å²) in [6.07, 6.45) is 1.70. The van der Waals surface area contributed by atoms with E-state index in [2.05, 4.69) is 19.9 Å². The topological polar surface area (TPSA) is 74.3 Å². The number of nitrogens with one attached hydrogen (secondary N) is 2. The largest absolute Gasteiger partial charge is 0.382 e. The van der Waals surface area contributed by atoms with Gasteiger partial charge in [0.1, 0.15) is 0 Å². The number of rotatable bonds is 7. The molecule has 0 aliphatic heterocycles. The molecule has 0 bridgehead atoms. The molecule has 0 unspecified atom stereocenters. The highest BCUT2D eigenvalue weighted by atomic mass is 35.5. The van der Waals surface area contributed by atoms with Gasteiger partial charge in [0.25, 0.3) is 10.0 Å².